The molecule has 17 heavy (non-hydrogen) atoms. The van der Waals surface area contributed by atoms with Gasteiger partial charge in [0, 0.05) is 50.8 Å². The van der Waals surface area contributed by atoms with Crippen LogP contribution in [-0.4, -0.2) is 72.5 Å². The summed E-state index contributed by atoms with van der Waals surface area (Å²) in [5.74, 6) is 2.69. The molecule has 1 amide bonds. The van der Waals surface area contributed by atoms with Crippen molar-refractivity contribution in [1.29, 1.82) is 0 Å². The number of carbonyl (C=O) groups is 1. The Morgan fingerprint density at radius 3 is 2.47 bits per heavy atom. The molecular weight excluding hydrogens is 234 g/mol. The van der Waals surface area contributed by atoms with Crippen LogP contribution in [0.3, 0.4) is 0 Å². The van der Waals surface area contributed by atoms with E-state index < -0.39 is 0 Å². The van der Waals surface area contributed by atoms with Crippen molar-refractivity contribution in [2.75, 3.05) is 50.8 Å². The second-order valence-corrected chi connectivity index (χ2v) is 5.87. The van der Waals surface area contributed by atoms with Crippen molar-refractivity contribution in [3.8, 4) is 0 Å². The number of rotatable bonds is 3. The van der Waals surface area contributed by atoms with Crippen LogP contribution in [0.2, 0.25) is 0 Å². The van der Waals surface area contributed by atoms with E-state index in [4.69, 9.17) is 0 Å². The summed E-state index contributed by atoms with van der Waals surface area (Å²) in [5, 5.41) is 3.30. The van der Waals surface area contributed by atoms with Crippen LogP contribution < -0.4 is 5.32 Å². The molecular formula is C12H23N3OS. The molecule has 0 aromatic heterocycles. The lowest BCUT2D eigenvalue weighted by atomic mass is 10.1. The number of piperazine rings is 1. The highest BCUT2D eigenvalue weighted by molar-refractivity contribution is 7.99. The Balaban J connectivity index is 1.93. The molecule has 2 heterocycles. The van der Waals surface area contributed by atoms with Gasteiger partial charge in [0.25, 0.3) is 0 Å². The lowest BCUT2D eigenvalue weighted by Crippen LogP contribution is -2.55. The van der Waals surface area contributed by atoms with E-state index in [2.05, 4.69) is 17.1 Å². The van der Waals surface area contributed by atoms with E-state index in [0.717, 1.165) is 45.7 Å². The van der Waals surface area contributed by atoms with Gasteiger partial charge in [-0.05, 0) is 6.42 Å². The fourth-order valence-electron chi connectivity index (χ4n) is 2.57. The van der Waals surface area contributed by atoms with Crippen molar-refractivity contribution in [3.63, 3.8) is 0 Å². The normalized spacial score (nSPS) is 24.6. The molecule has 0 aromatic rings. The monoisotopic (exact) mass is 257 g/mol. The molecule has 2 aliphatic rings. The molecule has 2 rings (SSSR count). The van der Waals surface area contributed by atoms with Crippen LogP contribution in [-0.2, 0) is 4.79 Å². The lowest BCUT2D eigenvalue weighted by molar-refractivity contribution is -0.137. The summed E-state index contributed by atoms with van der Waals surface area (Å²) in [5.41, 5.74) is 0. The van der Waals surface area contributed by atoms with E-state index in [9.17, 15) is 4.79 Å². The van der Waals surface area contributed by atoms with Crippen molar-refractivity contribution >= 4 is 17.7 Å². The van der Waals surface area contributed by atoms with Gasteiger partial charge in [0.1, 0.15) is 0 Å². The SMILES string of the molecule is CCC(C(=O)N1CCNCC1)N1CCSCC1. The quantitative estimate of drug-likeness (QED) is 0.786. The van der Waals surface area contributed by atoms with Crippen molar-refractivity contribution in [2.45, 2.75) is 19.4 Å². The van der Waals surface area contributed by atoms with Gasteiger partial charge in [-0.1, -0.05) is 6.92 Å². The van der Waals surface area contributed by atoms with Crippen molar-refractivity contribution < 1.29 is 4.79 Å². The Hall–Kier alpha value is -0.260. The molecule has 5 heteroatoms. The maximum Gasteiger partial charge on any atom is 0.240 e. The first kappa shape index (κ1) is 13.2. The minimum absolute atomic E-state index is 0.119. The predicted octanol–water partition coefficient (Wildman–Crippen LogP) is 0.246. The van der Waals surface area contributed by atoms with Gasteiger partial charge in [0.2, 0.25) is 5.91 Å². The molecule has 0 bridgehead atoms. The molecule has 0 radical (unpaired) electrons. The molecule has 0 saturated carbocycles. The first-order valence-corrected chi connectivity index (χ1v) is 7.79. The number of thioether (sulfide) groups is 1. The van der Waals surface area contributed by atoms with Gasteiger partial charge in [0.15, 0.2) is 0 Å². The van der Waals surface area contributed by atoms with E-state index >= 15 is 0 Å². The minimum Gasteiger partial charge on any atom is -0.339 e. The summed E-state index contributed by atoms with van der Waals surface area (Å²) in [6.07, 6.45) is 0.938. The Morgan fingerprint density at radius 2 is 1.88 bits per heavy atom. The van der Waals surface area contributed by atoms with Crippen molar-refractivity contribution in [1.82, 2.24) is 15.1 Å². The zero-order valence-corrected chi connectivity index (χ0v) is 11.5. The predicted molar refractivity (Wildman–Crippen MR) is 72.4 cm³/mol. The Bertz CT molecular complexity index is 250. The second-order valence-electron chi connectivity index (χ2n) is 4.65. The Morgan fingerprint density at radius 1 is 1.24 bits per heavy atom. The molecule has 2 aliphatic heterocycles. The van der Waals surface area contributed by atoms with Crippen LogP contribution >= 0.6 is 11.8 Å². The van der Waals surface area contributed by atoms with Crippen LogP contribution in [0.5, 0.6) is 0 Å². The highest BCUT2D eigenvalue weighted by atomic mass is 32.2. The summed E-state index contributed by atoms with van der Waals surface area (Å²) >= 11 is 2.00. The van der Waals surface area contributed by atoms with Crippen molar-refractivity contribution in [3.05, 3.63) is 0 Å². The summed E-state index contributed by atoms with van der Waals surface area (Å²) in [4.78, 5) is 16.9. The minimum atomic E-state index is 0.119. The maximum absolute atomic E-state index is 12.5. The third-order valence-corrected chi connectivity index (χ3v) is 4.53. The zero-order valence-electron chi connectivity index (χ0n) is 10.7. The van der Waals surface area contributed by atoms with Gasteiger partial charge in [-0.3, -0.25) is 9.69 Å². The summed E-state index contributed by atoms with van der Waals surface area (Å²) in [6, 6.07) is 0.119. The van der Waals surface area contributed by atoms with E-state index in [1.54, 1.807) is 0 Å². The topological polar surface area (TPSA) is 35.6 Å². The van der Waals surface area contributed by atoms with Gasteiger partial charge in [0.05, 0.1) is 6.04 Å². The summed E-state index contributed by atoms with van der Waals surface area (Å²) in [6.45, 7) is 7.90. The zero-order chi connectivity index (χ0) is 12.1. The molecule has 0 aliphatic carbocycles. The van der Waals surface area contributed by atoms with Gasteiger partial charge in [-0.2, -0.15) is 11.8 Å². The number of amides is 1. The number of nitrogens with one attached hydrogen (secondary N) is 1. The van der Waals surface area contributed by atoms with Gasteiger partial charge < -0.3 is 10.2 Å². The molecule has 2 saturated heterocycles. The van der Waals surface area contributed by atoms with Gasteiger partial charge in [-0.15, -0.1) is 0 Å². The number of hydrogen-bond acceptors (Lipinski definition) is 4. The molecule has 0 spiro atoms. The first-order valence-electron chi connectivity index (χ1n) is 6.64. The first-order chi connectivity index (χ1) is 8.33. The fourth-order valence-corrected chi connectivity index (χ4v) is 3.51. The van der Waals surface area contributed by atoms with Gasteiger partial charge in [-0.25, -0.2) is 0 Å². The number of nitrogens with zero attached hydrogens (tertiary/aromatic N) is 2. The van der Waals surface area contributed by atoms with Crippen LogP contribution in [0.4, 0.5) is 0 Å². The van der Waals surface area contributed by atoms with E-state index in [1.807, 2.05) is 16.7 Å². The maximum atomic E-state index is 12.5. The third kappa shape index (κ3) is 3.36. The summed E-state index contributed by atoms with van der Waals surface area (Å²) in [7, 11) is 0. The Kier molecular flexibility index (Phi) is 5.13. The van der Waals surface area contributed by atoms with E-state index in [1.165, 1.54) is 11.5 Å². The van der Waals surface area contributed by atoms with Gasteiger partial charge >= 0.3 is 0 Å². The third-order valence-electron chi connectivity index (χ3n) is 3.59. The molecule has 1 unspecified atom stereocenters. The lowest BCUT2D eigenvalue weighted by Gasteiger charge is -2.37. The fraction of sp³-hybridized carbons (Fsp3) is 0.917. The van der Waals surface area contributed by atoms with Crippen LogP contribution in [0.15, 0.2) is 0 Å². The smallest absolute Gasteiger partial charge is 0.240 e. The van der Waals surface area contributed by atoms with E-state index in [-0.39, 0.29) is 6.04 Å². The molecule has 1 N–H and O–H groups in total. The van der Waals surface area contributed by atoms with Crippen molar-refractivity contribution in [2.24, 2.45) is 0 Å². The summed E-state index contributed by atoms with van der Waals surface area (Å²) < 4.78 is 0. The highest BCUT2D eigenvalue weighted by Gasteiger charge is 2.29. The Labute approximate surface area is 108 Å². The standard InChI is InChI=1S/C12H23N3OS/c1-2-11(14-7-9-17-10-8-14)12(16)15-5-3-13-4-6-15/h11,13H,2-10H2,1H3. The number of hydrogen-bond donors (Lipinski definition) is 1. The largest absolute Gasteiger partial charge is 0.339 e. The molecule has 2 fully saturated rings. The average molecular weight is 257 g/mol. The molecule has 0 aromatic carbocycles. The second kappa shape index (κ2) is 6.61. The van der Waals surface area contributed by atoms with Crippen LogP contribution in [0.1, 0.15) is 13.3 Å². The van der Waals surface area contributed by atoms with Crippen LogP contribution in [0.25, 0.3) is 0 Å². The average Bonchev–Trinajstić information content (AvgIpc) is 2.42. The molecule has 4 nitrogen and oxygen atoms in total. The molecule has 98 valence electrons. The van der Waals surface area contributed by atoms with E-state index in [0.29, 0.717) is 5.91 Å². The van der Waals surface area contributed by atoms with Crippen LogP contribution in [0, 0.1) is 0 Å². The highest BCUT2D eigenvalue weighted by Crippen LogP contribution is 2.16. The number of carbonyl (C=O) groups excluding carboxylic acids is 1. The molecule has 1 atom stereocenters.